The van der Waals surface area contributed by atoms with Crippen LogP contribution in [0.2, 0.25) is 0 Å². The lowest BCUT2D eigenvalue weighted by atomic mass is 10.2. The van der Waals surface area contributed by atoms with Crippen LogP contribution in [0.25, 0.3) is 0 Å². The molecule has 0 atom stereocenters. The number of ether oxygens (including phenoxy) is 2. The first-order valence-electron chi connectivity index (χ1n) is 7.60. The molecule has 1 fully saturated rings. The molecule has 0 unspecified atom stereocenters. The Labute approximate surface area is 136 Å². The van der Waals surface area contributed by atoms with Gasteiger partial charge < -0.3 is 19.3 Å². The number of hydrogen-bond donors (Lipinski definition) is 0. The van der Waals surface area contributed by atoms with Crippen LogP contribution < -0.4 is 9.64 Å². The van der Waals surface area contributed by atoms with E-state index < -0.39 is 5.97 Å². The number of rotatable bonds is 5. The highest BCUT2D eigenvalue weighted by molar-refractivity contribution is 5.85. The first-order valence-corrected chi connectivity index (χ1v) is 7.60. The van der Waals surface area contributed by atoms with Gasteiger partial charge in [0.25, 0.3) is 5.91 Å². The summed E-state index contributed by atoms with van der Waals surface area (Å²) in [5.41, 5.74) is 1.11. The van der Waals surface area contributed by atoms with Crippen molar-refractivity contribution in [3.63, 3.8) is 0 Å². The molecule has 1 aromatic rings. The van der Waals surface area contributed by atoms with Crippen LogP contribution >= 0.6 is 0 Å². The maximum absolute atomic E-state index is 12.0. The summed E-state index contributed by atoms with van der Waals surface area (Å²) in [7, 11) is 1.64. The van der Waals surface area contributed by atoms with Gasteiger partial charge in [-0.1, -0.05) is 6.08 Å². The van der Waals surface area contributed by atoms with Gasteiger partial charge in [-0.05, 0) is 31.2 Å². The zero-order chi connectivity index (χ0) is 16.7. The van der Waals surface area contributed by atoms with Crippen molar-refractivity contribution in [2.45, 2.75) is 6.92 Å². The molecule has 23 heavy (non-hydrogen) atoms. The van der Waals surface area contributed by atoms with Gasteiger partial charge in [0.2, 0.25) is 0 Å². The van der Waals surface area contributed by atoms with Crippen molar-refractivity contribution < 1.29 is 19.1 Å². The zero-order valence-electron chi connectivity index (χ0n) is 13.5. The summed E-state index contributed by atoms with van der Waals surface area (Å²) in [5.74, 6) is 0.181. The number of piperazine rings is 1. The van der Waals surface area contributed by atoms with Crippen LogP contribution in [0.4, 0.5) is 5.69 Å². The third kappa shape index (κ3) is 4.74. The van der Waals surface area contributed by atoms with Gasteiger partial charge in [0.05, 0.1) is 7.11 Å². The van der Waals surface area contributed by atoms with Gasteiger partial charge in [-0.2, -0.15) is 0 Å². The predicted molar refractivity (Wildman–Crippen MR) is 87.6 cm³/mol. The highest BCUT2D eigenvalue weighted by atomic mass is 16.5. The summed E-state index contributed by atoms with van der Waals surface area (Å²) in [5, 5.41) is 0. The van der Waals surface area contributed by atoms with Gasteiger partial charge >= 0.3 is 5.97 Å². The molecule has 6 heteroatoms. The number of methoxy groups -OCH3 is 1. The molecule has 1 aromatic carbocycles. The van der Waals surface area contributed by atoms with E-state index in [1.54, 1.807) is 25.0 Å². The van der Waals surface area contributed by atoms with Gasteiger partial charge in [-0.15, -0.1) is 0 Å². The number of carbonyl (C=O) groups is 2. The molecule has 0 saturated carbocycles. The minimum absolute atomic E-state index is 0.155. The van der Waals surface area contributed by atoms with Crippen molar-refractivity contribution in [1.29, 1.82) is 0 Å². The maximum atomic E-state index is 12.0. The Morgan fingerprint density at radius 1 is 1.13 bits per heavy atom. The van der Waals surface area contributed by atoms with E-state index >= 15 is 0 Å². The number of amides is 1. The first-order chi connectivity index (χ1) is 11.1. The molecule has 0 aliphatic carbocycles. The molecular formula is C17H22N2O4. The third-order valence-corrected chi connectivity index (χ3v) is 3.71. The average molecular weight is 318 g/mol. The molecule has 0 radical (unpaired) electrons. The maximum Gasteiger partial charge on any atom is 0.330 e. The van der Waals surface area contributed by atoms with Crippen LogP contribution in [-0.4, -0.2) is 56.7 Å². The SMILES string of the molecule is CC=CC(=O)OCC(=O)N1CCN(c2ccc(OC)cc2)CC1. The van der Waals surface area contributed by atoms with Crippen molar-refractivity contribution in [1.82, 2.24) is 4.90 Å². The Morgan fingerprint density at radius 3 is 2.35 bits per heavy atom. The zero-order valence-corrected chi connectivity index (χ0v) is 13.5. The number of carbonyl (C=O) groups excluding carboxylic acids is 2. The summed E-state index contributed by atoms with van der Waals surface area (Å²) >= 11 is 0. The Hall–Kier alpha value is -2.50. The van der Waals surface area contributed by atoms with E-state index in [9.17, 15) is 9.59 Å². The van der Waals surface area contributed by atoms with E-state index in [0.29, 0.717) is 13.1 Å². The fourth-order valence-corrected chi connectivity index (χ4v) is 2.42. The van der Waals surface area contributed by atoms with Crippen LogP contribution in [0.1, 0.15) is 6.92 Å². The van der Waals surface area contributed by atoms with Crippen LogP contribution in [0, 0.1) is 0 Å². The summed E-state index contributed by atoms with van der Waals surface area (Å²) in [6.45, 7) is 4.26. The number of hydrogen-bond acceptors (Lipinski definition) is 5. The molecule has 6 nitrogen and oxygen atoms in total. The topological polar surface area (TPSA) is 59.1 Å². The van der Waals surface area contributed by atoms with Crippen molar-refractivity contribution in [2.75, 3.05) is 44.8 Å². The average Bonchev–Trinajstić information content (AvgIpc) is 2.60. The summed E-state index contributed by atoms with van der Waals surface area (Å²) in [6.07, 6.45) is 2.88. The third-order valence-electron chi connectivity index (χ3n) is 3.71. The molecule has 0 aromatic heterocycles. The summed E-state index contributed by atoms with van der Waals surface area (Å²) in [6, 6.07) is 7.87. The molecule has 1 saturated heterocycles. The number of allylic oxidation sites excluding steroid dienone is 1. The molecular weight excluding hydrogens is 296 g/mol. The normalized spacial score (nSPS) is 14.9. The van der Waals surface area contributed by atoms with Crippen molar-refractivity contribution >= 4 is 17.6 Å². The molecule has 124 valence electrons. The van der Waals surface area contributed by atoms with Gasteiger partial charge in [0.15, 0.2) is 6.61 Å². The van der Waals surface area contributed by atoms with E-state index in [2.05, 4.69) is 4.90 Å². The van der Waals surface area contributed by atoms with Crippen molar-refractivity contribution in [2.24, 2.45) is 0 Å². The number of nitrogens with zero attached hydrogens (tertiary/aromatic N) is 2. The second-order valence-corrected chi connectivity index (χ2v) is 5.17. The Bertz CT molecular complexity index is 560. The highest BCUT2D eigenvalue weighted by Crippen LogP contribution is 2.20. The van der Waals surface area contributed by atoms with Gasteiger partial charge in [0.1, 0.15) is 5.75 Å². The quantitative estimate of drug-likeness (QED) is 0.608. The molecule has 0 spiro atoms. The van der Waals surface area contributed by atoms with E-state index in [1.165, 1.54) is 6.08 Å². The molecule has 1 heterocycles. The molecule has 0 N–H and O–H groups in total. The van der Waals surface area contributed by atoms with E-state index in [1.807, 2.05) is 24.3 Å². The van der Waals surface area contributed by atoms with E-state index in [-0.39, 0.29) is 12.5 Å². The summed E-state index contributed by atoms with van der Waals surface area (Å²) < 4.78 is 10.0. The van der Waals surface area contributed by atoms with Gasteiger partial charge in [0, 0.05) is 37.9 Å². The van der Waals surface area contributed by atoms with Crippen molar-refractivity contribution in [3.05, 3.63) is 36.4 Å². The molecule has 1 amide bonds. The van der Waals surface area contributed by atoms with Crippen LogP contribution in [-0.2, 0) is 14.3 Å². The van der Waals surface area contributed by atoms with Gasteiger partial charge in [-0.3, -0.25) is 4.79 Å². The van der Waals surface area contributed by atoms with E-state index in [4.69, 9.17) is 9.47 Å². The standard InChI is InChI=1S/C17H22N2O4/c1-3-4-17(21)23-13-16(20)19-11-9-18(10-12-19)14-5-7-15(22-2)8-6-14/h3-8H,9-13H2,1-2H3. The highest BCUT2D eigenvalue weighted by Gasteiger charge is 2.21. The van der Waals surface area contributed by atoms with Crippen LogP contribution in [0.3, 0.4) is 0 Å². The summed E-state index contributed by atoms with van der Waals surface area (Å²) in [4.78, 5) is 27.2. The number of esters is 1. The lowest BCUT2D eigenvalue weighted by Gasteiger charge is -2.36. The largest absolute Gasteiger partial charge is 0.497 e. The minimum Gasteiger partial charge on any atom is -0.497 e. The Balaban J connectivity index is 1.80. The smallest absolute Gasteiger partial charge is 0.330 e. The minimum atomic E-state index is -0.488. The van der Waals surface area contributed by atoms with Gasteiger partial charge in [-0.25, -0.2) is 4.79 Å². The fraction of sp³-hybridized carbons (Fsp3) is 0.412. The van der Waals surface area contributed by atoms with Crippen molar-refractivity contribution in [3.8, 4) is 5.75 Å². The Morgan fingerprint density at radius 2 is 1.78 bits per heavy atom. The molecule has 2 rings (SSSR count). The predicted octanol–water partition coefficient (Wildman–Crippen LogP) is 1.46. The lowest BCUT2D eigenvalue weighted by Crippen LogP contribution is -2.49. The lowest BCUT2D eigenvalue weighted by molar-refractivity contribution is -0.148. The second-order valence-electron chi connectivity index (χ2n) is 5.17. The monoisotopic (exact) mass is 318 g/mol. The Kier molecular flexibility index (Phi) is 6.02. The molecule has 1 aliphatic heterocycles. The molecule has 0 bridgehead atoms. The first kappa shape index (κ1) is 16.9. The van der Waals surface area contributed by atoms with Crippen LogP contribution in [0.5, 0.6) is 5.75 Å². The van der Waals surface area contributed by atoms with E-state index in [0.717, 1.165) is 24.5 Å². The number of benzene rings is 1. The van der Waals surface area contributed by atoms with Crippen LogP contribution in [0.15, 0.2) is 36.4 Å². The second kappa shape index (κ2) is 8.22. The number of anilines is 1. The molecule has 1 aliphatic rings. The fourth-order valence-electron chi connectivity index (χ4n) is 2.42.